The van der Waals surface area contributed by atoms with E-state index in [0.717, 1.165) is 27.9 Å². The van der Waals surface area contributed by atoms with E-state index in [1.165, 1.54) is 6.33 Å². The summed E-state index contributed by atoms with van der Waals surface area (Å²) in [7, 11) is -3.72. The molecule has 0 fully saturated rings. The van der Waals surface area contributed by atoms with Crippen LogP contribution in [0.4, 0.5) is 0 Å². The van der Waals surface area contributed by atoms with Gasteiger partial charge in [-0.3, -0.25) is 4.68 Å². The molecule has 0 amide bonds. The molecule has 2 N–H and O–H groups in total. The van der Waals surface area contributed by atoms with Crippen LogP contribution in [0, 0.1) is 11.3 Å². The maximum atomic E-state index is 13.0. The van der Waals surface area contributed by atoms with E-state index in [-0.39, 0.29) is 17.9 Å². The van der Waals surface area contributed by atoms with Crippen LogP contribution in [0.5, 0.6) is 0 Å². The van der Waals surface area contributed by atoms with Crippen molar-refractivity contribution < 1.29 is 8.42 Å². The van der Waals surface area contributed by atoms with Crippen LogP contribution in [0.25, 0.3) is 22.3 Å². The maximum absolute atomic E-state index is 13.0. The first-order valence-corrected chi connectivity index (χ1v) is 12.9. The molecule has 1 atom stereocenters. The largest absolute Gasteiger partial charge is 0.346 e. The molecule has 0 aliphatic rings. The second-order valence-corrected chi connectivity index (χ2v) is 10.0. The molecule has 5 rings (SSSR count). The van der Waals surface area contributed by atoms with Gasteiger partial charge in [0.1, 0.15) is 12.0 Å². The van der Waals surface area contributed by atoms with Crippen molar-refractivity contribution in [3.63, 3.8) is 0 Å². The molecule has 0 bridgehead atoms. The quantitative estimate of drug-likeness (QED) is 0.318. The molecular formula is C26H23N7O2S. The number of hydrogen-bond acceptors (Lipinski definition) is 6. The number of rotatable bonds is 9. The first kappa shape index (κ1) is 23.4. The molecule has 2 aromatic carbocycles. The van der Waals surface area contributed by atoms with Gasteiger partial charge in [-0.2, -0.15) is 10.4 Å². The number of nitriles is 1. The Kier molecular flexibility index (Phi) is 6.58. The van der Waals surface area contributed by atoms with Crippen LogP contribution in [0.3, 0.4) is 0 Å². The van der Waals surface area contributed by atoms with Gasteiger partial charge in [-0.15, -0.1) is 0 Å². The summed E-state index contributed by atoms with van der Waals surface area (Å²) in [6, 6.07) is 20.0. The molecule has 0 saturated heterocycles. The average Bonchev–Trinajstić information content (AvgIpc) is 3.58. The lowest BCUT2D eigenvalue weighted by atomic mass is 10.0. The lowest BCUT2D eigenvalue weighted by Crippen LogP contribution is -2.26. The molecule has 10 heteroatoms. The molecule has 0 spiro atoms. The zero-order valence-corrected chi connectivity index (χ0v) is 20.1. The van der Waals surface area contributed by atoms with Gasteiger partial charge in [0.05, 0.1) is 35.3 Å². The summed E-state index contributed by atoms with van der Waals surface area (Å²) in [5, 5.41) is 14.9. The van der Waals surface area contributed by atoms with Crippen LogP contribution in [-0.4, -0.2) is 39.7 Å². The normalized spacial score (nSPS) is 12.4. The molecule has 0 aliphatic heterocycles. The minimum absolute atomic E-state index is 0.120. The minimum Gasteiger partial charge on any atom is -0.346 e. The third kappa shape index (κ3) is 4.88. The predicted molar refractivity (Wildman–Crippen MR) is 135 cm³/mol. The average molecular weight is 498 g/mol. The molecular weight excluding hydrogens is 474 g/mol. The molecule has 3 heterocycles. The molecule has 5 aromatic rings. The molecule has 9 nitrogen and oxygen atoms in total. The number of aromatic amines is 1. The van der Waals surface area contributed by atoms with Gasteiger partial charge >= 0.3 is 0 Å². The third-order valence-electron chi connectivity index (χ3n) is 5.93. The minimum atomic E-state index is -3.72. The molecule has 36 heavy (non-hydrogen) atoms. The van der Waals surface area contributed by atoms with Gasteiger partial charge < -0.3 is 4.98 Å². The molecule has 0 aliphatic carbocycles. The zero-order chi connectivity index (χ0) is 25.0. The highest BCUT2D eigenvalue weighted by Crippen LogP contribution is 2.28. The van der Waals surface area contributed by atoms with Gasteiger partial charge in [-0.25, -0.2) is 23.1 Å². The molecule has 0 saturated carbocycles. The SMILES string of the molecule is N#CCC(c1cccc(S(=O)(=O)NCCc2ccccc2)c1)n1cc(-c2ncnc3[nH]ccc23)cn1. The van der Waals surface area contributed by atoms with E-state index < -0.39 is 16.1 Å². The third-order valence-corrected chi connectivity index (χ3v) is 7.39. The second-order valence-electron chi connectivity index (χ2n) is 8.26. The number of H-pyrrole nitrogens is 1. The Labute approximate surface area is 208 Å². The standard InChI is InChI=1S/C26H23N7O2S/c27-12-9-24(33-17-21(16-31-33)25-23-11-13-28-26(23)30-18-29-25)20-7-4-8-22(15-20)36(34,35)32-14-10-19-5-2-1-3-6-19/h1-8,11,13,15-18,24,32H,9-10,14H2,(H,28,29,30). The smallest absolute Gasteiger partial charge is 0.240 e. The van der Waals surface area contributed by atoms with Gasteiger partial charge in [0.2, 0.25) is 10.0 Å². The number of sulfonamides is 1. The number of nitrogens with one attached hydrogen (secondary N) is 2. The Morgan fingerprint density at radius 2 is 1.94 bits per heavy atom. The van der Waals surface area contributed by atoms with E-state index in [9.17, 15) is 13.7 Å². The summed E-state index contributed by atoms with van der Waals surface area (Å²) in [6.45, 7) is 0.285. The number of fused-ring (bicyclic) bond motifs is 1. The van der Waals surface area contributed by atoms with E-state index in [0.29, 0.717) is 12.0 Å². The van der Waals surface area contributed by atoms with Gasteiger partial charge in [-0.1, -0.05) is 42.5 Å². The zero-order valence-electron chi connectivity index (χ0n) is 19.2. The summed E-state index contributed by atoms with van der Waals surface area (Å²) in [5.41, 5.74) is 3.95. The Hall–Kier alpha value is -4.33. The molecule has 3 aromatic heterocycles. The highest BCUT2D eigenvalue weighted by molar-refractivity contribution is 7.89. The van der Waals surface area contributed by atoms with Gasteiger partial charge in [0, 0.05) is 29.9 Å². The van der Waals surface area contributed by atoms with Crippen LogP contribution in [0.1, 0.15) is 23.6 Å². The van der Waals surface area contributed by atoms with Crippen molar-refractivity contribution in [1.82, 2.24) is 29.5 Å². The fourth-order valence-corrected chi connectivity index (χ4v) is 5.22. The van der Waals surface area contributed by atoms with Crippen LogP contribution in [0.2, 0.25) is 0 Å². The summed E-state index contributed by atoms with van der Waals surface area (Å²) >= 11 is 0. The lowest BCUT2D eigenvalue weighted by Gasteiger charge is -2.16. The van der Waals surface area contributed by atoms with Gasteiger partial charge in [0.25, 0.3) is 0 Å². The van der Waals surface area contributed by atoms with Crippen molar-refractivity contribution in [1.29, 1.82) is 5.26 Å². The summed E-state index contributed by atoms with van der Waals surface area (Å²) in [4.78, 5) is 11.8. The Balaban J connectivity index is 1.39. The first-order valence-electron chi connectivity index (χ1n) is 11.4. The number of aromatic nitrogens is 5. The lowest BCUT2D eigenvalue weighted by molar-refractivity contribution is 0.531. The Morgan fingerprint density at radius 3 is 2.78 bits per heavy atom. The van der Waals surface area contributed by atoms with Crippen molar-refractivity contribution in [2.24, 2.45) is 0 Å². The predicted octanol–water partition coefficient (Wildman–Crippen LogP) is 3.85. The highest BCUT2D eigenvalue weighted by Gasteiger charge is 2.20. The van der Waals surface area contributed by atoms with Crippen LogP contribution in [0.15, 0.2) is 90.5 Å². The first-order chi connectivity index (χ1) is 17.5. The van der Waals surface area contributed by atoms with Crippen molar-refractivity contribution in [2.45, 2.75) is 23.8 Å². The highest BCUT2D eigenvalue weighted by atomic mass is 32.2. The molecule has 180 valence electrons. The fraction of sp³-hybridized carbons (Fsp3) is 0.154. The van der Waals surface area contributed by atoms with Crippen molar-refractivity contribution >= 4 is 21.1 Å². The van der Waals surface area contributed by atoms with Crippen LogP contribution < -0.4 is 4.72 Å². The fourth-order valence-electron chi connectivity index (χ4n) is 4.13. The van der Waals surface area contributed by atoms with E-state index >= 15 is 0 Å². The monoisotopic (exact) mass is 497 g/mol. The topological polar surface area (TPSA) is 129 Å². The second kappa shape index (κ2) is 10.1. The molecule has 0 radical (unpaired) electrons. The van der Waals surface area contributed by atoms with E-state index in [4.69, 9.17) is 0 Å². The number of nitrogens with zero attached hydrogens (tertiary/aromatic N) is 5. The van der Waals surface area contributed by atoms with E-state index in [1.807, 2.05) is 42.6 Å². The Morgan fingerprint density at radius 1 is 1.08 bits per heavy atom. The molecule has 1 unspecified atom stereocenters. The van der Waals surface area contributed by atoms with Crippen LogP contribution in [-0.2, 0) is 16.4 Å². The van der Waals surface area contributed by atoms with Crippen molar-refractivity contribution in [3.05, 3.63) is 96.7 Å². The summed E-state index contributed by atoms with van der Waals surface area (Å²) < 4.78 is 30.3. The Bertz CT molecular complexity index is 1640. The number of benzene rings is 2. The summed E-state index contributed by atoms with van der Waals surface area (Å²) in [6.07, 6.45) is 7.49. The van der Waals surface area contributed by atoms with Crippen molar-refractivity contribution in [3.8, 4) is 17.3 Å². The van der Waals surface area contributed by atoms with E-state index in [1.54, 1.807) is 41.3 Å². The number of hydrogen-bond donors (Lipinski definition) is 2. The van der Waals surface area contributed by atoms with Crippen LogP contribution >= 0.6 is 0 Å². The van der Waals surface area contributed by atoms with Crippen molar-refractivity contribution in [2.75, 3.05) is 6.54 Å². The summed E-state index contributed by atoms with van der Waals surface area (Å²) in [5.74, 6) is 0. The van der Waals surface area contributed by atoms with Gasteiger partial charge in [-0.05, 0) is 35.7 Å². The maximum Gasteiger partial charge on any atom is 0.240 e. The van der Waals surface area contributed by atoms with E-state index in [2.05, 4.69) is 30.8 Å². The van der Waals surface area contributed by atoms with Gasteiger partial charge in [0.15, 0.2) is 0 Å².